The van der Waals surface area contributed by atoms with Gasteiger partial charge in [-0.1, -0.05) is 27.7 Å². The summed E-state index contributed by atoms with van der Waals surface area (Å²) in [5.41, 5.74) is 2.29. The first kappa shape index (κ1) is 22.8. The maximum atomic E-state index is 12.7. The Hall–Kier alpha value is -3.37. The Balaban J connectivity index is 1.56. The van der Waals surface area contributed by atoms with Crippen LogP contribution in [-0.4, -0.2) is 45.6 Å². The number of nitrogens with zero attached hydrogens (tertiary/aromatic N) is 4. The molecule has 10 heteroatoms. The number of pyridine rings is 1. The Morgan fingerprint density at radius 3 is 2.42 bits per heavy atom. The van der Waals surface area contributed by atoms with Gasteiger partial charge in [0.25, 0.3) is 0 Å². The molecule has 1 N–H and O–H groups in total. The number of ether oxygens (including phenoxy) is 2. The average molecular weight is 526 g/mol. The fraction of sp³-hybridized carbons (Fsp3) is 0.130. The van der Waals surface area contributed by atoms with Crippen molar-refractivity contribution in [3.63, 3.8) is 0 Å². The Morgan fingerprint density at radius 2 is 1.79 bits per heavy atom. The van der Waals surface area contributed by atoms with Crippen LogP contribution in [0.25, 0.3) is 17.1 Å². The van der Waals surface area contributed by atoms with Gasteiger partial charge in [-0.15, -0.1) is 10.2 Å². The molecule has 0 radical (unpaired) electrons. The Labute approximate surface area is 203 Å². The second-order valence-corrected chi connectivity index (χ2v) is 8.66. The third-order valence-corrected chi connectivity index (χ3v) is 6.06. The first-order valence-corrected chi connectivity index (χ1v) is 11.6. The molecule has 0 atom stereocenters. The minimum absolute atomic E-state index is 0.140. The number of thioether (sulfide) groups is 1. The fourth-order valence-corrected chi connectivity index (χ4v) is 4.09. The van der Waals surface area contributed by atoms with Gasteiger partial charge in [-0.3, -0.25) is 14.3 Å². The highest BCUT2D eigenvalue weighted by atomic mass is 79.9. The molecular weight excluding hydrogens is 506 g/mol. The summed E-state index contributed by atoms with van der Waals surface area (Å²) in [5, 5.41) is 12.2. The van der Waals surface area contributed by atoms with E-state index in [1.807, 2.05) is 41.0 Å². The third kappa shape index (κ3) is 5.52. The zero-order chi connectivity index (χ0) is 23.2. The number of benzene rings is 2. The Bertz CT molecular complexity index is 1230. The standard InChI is InChI=1S/C23H20BrN5O3S/c1-31-19-10-17(11-20(12-19)32-2)26-21(30)14-33-23-28-27-22(15-4-3-9-25-13-15)29(23)18-7-5-16(24)6-8-18/h3-13H,14H2,1-2H3,(H,26,30). The van der Waals surface area contributed by atoms with Gasteiger partial charge in [0.05, 0.1) is 20.0 Å². The normalized spacial score (nSPS) is 10.6. The molecule has 0 bridgehead atoms. The van der Waals surface area contributed by atoms with Gasteiger partial charge in [0.1, 0.15) is 11.5 Å². The molecule has 1 amide bonds. The number of nitrogens with one attached hydrogen (secondary N) is 1. The lowest BCUT2D eigenvalue weighted by atomic mass is 10.2. The maximum absolute atomic E-state index is 12.7. The van der Waals surface area contributed by atoms with Crippen LogP contribution in [0.3, 0.4) is 0 Å². The van der Waals surface area contributed by atoms with E-state index >= 15 is 0 Å². The zero-order valence-corrected chi connectivity index (χ0v) is 20.3. The molecule has 0 aliphatic heterocycles. The van der Waals surface area contributed by atoms with E-state index in [1.54, 1.807) is 44.8 Å². The molecule has 0 aliphatic carbocycles. The van der Waals surface area contributed by atoms with Crippen molar-refractivity contribution in [2.24, 2.45) is 0 Å². The molecule has 2 aromatic heterocycles. The second kappa shape index (κ2) is 10.5. The topological polar surface area (TPSA) is 91.2 Å². The van der Waals surface area contributed by atoms with E-state index in [4.69, 9.17) is 9.47 Å². The number of methoxy groups -OCH3 is 2. The fourth-order valence-electron chi connectivity index (χ4n) is 3.08. The Morgan fingerprint density at radius 1 is 1.06 bits per heavy atom. The summed E-state index contributed by atoms with van der Waals surface area (Å²) in [4.78, 5) is 16.9. The van der Waals surface area contributed by atoms with Crippen LogP contribution < -0.4 is 14.8 Å². The van der Waals surface area contributed by atoms with E-state index < -0.39 is 0 Å². The van der Waals surface area contributed by atoms with Crippen molar-refractivity contribution < 1.29 is 14.3 Å². The molecule has 4 aromatic rings. The van der Waals surface area contributed by atoms with Gasteiger partial charge in [-0.2, -0.15) is 0 Å². The zero-order valence-electron chi connectivity index (χ0n) is 17.9. The summed E-state index contributed by atoms with van der Waals surface area (Å²) in [5.74, 6) is 1.78. The quantitative estimate of drug-likeness (QED) is 0.329. The second-order valence-electron chi connectivity index (χ2n) is 6.80. The van der Waals surface area contributed by atoms with Crippen LogP contribution in [0.5, 0.6) is 11.5 Å². The molecule has 8 nitrogen and oxygen atoms in total. The predicted molar refractivity (Wildman–Crippen MR) is 131 cm³/mol. The molecule has 2 heterocycles. The lowest BCUT2D eigenvalue weighted by molar-refractivity contribution is -0.113. The average Bonchev–Trinajstić information content (AvgIpc) is 3.27. The smallest absolute Gasteiger partial charge is 0.234 e. The largest absolute Gasteiger partial charge is 0.497 e. The van der Waals surface area contributed by atoms with Crippen molar-refractivity contribution in [3.05, 3.63) is 71.5 Å². The van der Waals surface area contributed by atoms with Gasteiger partial charge in [0.2, 0.25) is 5.91 Å². The minimum atomic E-state index is -0.191. The van der Waals surface area contributed by atoms with E-state index in [-0.39, 0.29) is 11.7 Å². The Kier molecular flexibility index (Phi) is 7.26. The van der Waals surface area contributed by atoms with E-state index in [0.29, 0.717) is 28.2 Å². The molecule has 0 unspecified atom stereocenters. The van der Waals surface area contributed by atoms with Gasteiger partial charge < -0.3 is 14.8 Å². The number of carbonyl (C=O) groups excluding carboxylic acids is 1. The van der Waals surface area contributed by atoms with E-state index in [9.17, 15) is 4.79 Å². The molecule has 33 heavy (non-hydrogen) atoms. The molecule has 0 spiro atoms. The number of halogens is 1. The van der Waals surface area contributed by atoms with Crippen LogP contribution in [0.2, 0.25) is 0 Å². The van der Waals surface area contributed by atoms with Crippen LogP contribution in [0, 0.1) is 0 Å². The predicted octanol–water partition coefficient (Wildman–Crippen LogP) is 4.84. The highest BCUT2D eigenvalue weighted by molar-refractivity contribution is 9.10. The number of carbonyl (C=O) groups is 1. The maximum Gasteiger partial charge on any atom is 0.234 e. The van der Waals surface area contributed by atoms with E-state index in [1.165, 1.54) is 11.8 Å². The van der Waals surface area contributed by atoms with Crippen molar-refractivity contribution in [3.8, 4) is 28.6 Å². The summed E-state index contributed by atoms with van der Waals surface area (Å²) in [7, 11) is 3.12. The third-order valence-electron chi connectivity index (χ3n) is 4.61. The number of amides is 1. The van der Waals surface area contributed by atoms with Crippen molar-refractivity contribution in [2.75, 3.05) is 25.3 Å². The first-order valence-electron chi connectivity index (χ1n) is 9.85. The summed E-state index contributed by atoms with van der Waals surface area (Å²) in [6, 6.07) is 16.8. The van der Waals surface area contributed by atoms with Crippen LogP contribution in [-0.2, 0) is 4.79 Å². The van der Waals surface area contributed by atoms with Crippen molar-refractivity contribution in [2.45, 2.75) is 5.16 Å². The first-order chi connectivity index (χ1) is 16.1. The molecule has 4 rings (SSSR count). The molecule has 168 valence electrons. The summed E-state index contributed by atoms with van der Waals surface area (Å²) in [6.45, 7) is 0. The van der Waals surface area contributed by atoms with Gasteiger partial charge in [-0.25, -0.2) is 0 Å². The summed E-state index contributed by atoms with van der Waals surface area (Å²) < 4.78 is 13.4. The van der Waals surface area contributed by atoms with Crippen molar-refractivity contribution in [1.82, 2.24) is 19.7 Å². The molecular formula is C23H20BrN5O3S. The molecule has 0 saturated carbocycles. The SMILES string of the molecule is COc1cc(NC(=O)CSc2nnc(-c3cccnc3)n2-c2ccc(Br)cc2)cc(OC)c1. The van der Waals surface area contributed by atoms with Gasteiger partial charge in [-0.05, 0) is 36.4 Å². The van der Waals surface area contributed by atoms with E-state index in [0.717, 1.165) is 15.7 Å². The number of hydrogen-bond acceptors (Lipinski definition) is 7. The van der Waals surface area contributed by atoms with Gasteiger partial charge >= 0.3 is 0 Å². The number of hydrogen-bond donors (Lipinski definition) is 1. The highest BCUT2D eigenvalue weighted by Gasteiger charge is 2.18. The number of rotatable bonds is 8. The molecule has 0 aliphatic rings. The monoisotopic (exact) mass is 525 g/mol. The number of aromatic nitrogens is 4. The lowest BCUT2D eigenvalue weighted by Gasteiger charge is -2.11. The number of anilines is 1. The highest BCUT2D eigenvalue weighted by Crippen LogP contribution is 2.29. The minimum Gasteiger partial charge on any atom is -0.497 e. The van der Waals surface area contributed by atoms with Crippen LogP contribution >= 0.6 is 27.7 Å². The summed E-state index contributed by atoms with van der Waals surface area (Å²) in [6.07, 6.45) is 3.44. The molecule has 2 aromatic carbocycles. The van der Waals surface area contributed by atoms with Gasteiger partial charge in [0.15, 0.2) is 11.0 Å². The summed E-state index contributed by atoms with van der Waals surface area (Å²) >= 11 is 4.76. The van der Waals surface area contributed by atoms with Crippen LogP contribution in [0.1, 0.15) is 0 Å². The molecule has 0 saturated heterocycles. The van der Waals surface area contributed by atoms with Crippen molar-refractivity contribution in [1.29, 1.82) is 0 Å². The van der Waals surface area contributed by atoms with Crippen LogP contribution in [0.4, 0.5) is 5.69 Å². The van der Waals surface area contributed by atoms with Crippen molar-refractivity contribution >= 4 is 39.3 Å². The lowest BCUT2D eigenvalue weighted by Crippen LogP contribution is -2.14. The van der Waals surface area contributed by atoms with Crippen LogP contribution in [0.15, 0.2) is 76.6 Å². The molecule has 0 fully saturated rings. The van der Waals surface area contributed by atoms with Gasteiger partial charge in [0, 0.05) is 52.0 Å². The van der Waals surface area contributed by atoms with E-state index in [2.05, 4.69) is 36.4 Å².